The Labute approximate surface area is 184 Å². The molecule has 168 valence electrons. The van der Waals surface area contributed by atoms with E-state index in [-0.39, 0.29) is 0 Å². The van der Waals surface area contributed by atoms with Crippen LogP contribution in [0, 0.1) is 51.8 Å². The summed E-state index contributed by atoms with van der Waals surface area (Å²) < 4.78 is 0. The Kier molecular flexibility index (Phi) is 6.67. The zero-order valence-corrected chi connectivity index (χ0v) is 19.8. The number of nitrogens with zero attached hydrogens (tertiary/aromatic N) is 1. The van der Waals surface area contributed by atoms with E-state index in [4.69, 9.17) is 9.78 Å². The third-order valence-corrected chi connectivity index (χ3v) is 10.1. The van der Waals surface area contributed by atoms with Crippen molar-refractivity contribution >= 4 is 0 Å². The van der Waals surface area contributed by atoms with Crippen LogP contribution in [-0.4, -0.2) is 12.7 Å². The van der Waals surface area contributed by atoms with Crippen molar-refractivity contribution in [3.63, 3.8) is 0 Å². The van der Waals surface area contributed by atoms with Gasteiger partial charge in [-0.15, -0.1) is 0 Å². The smallest absolute Gasteiger partial charge is 0.179 e. The SMILES string of the molecule is CCOOC(C#N)CC[C@@H](C)[C@H]1CC[C@H]2[C@@H]3CCC4=CCCC[C@]4(C)[C@H]3CC[C@]12C. The summed E-state index contributed by atoms with van der Waals surface area (Å²) in [5.41, 5.74) is 2.82. The summed E-state index contributed by atoms with van der Waals surface area (Å²) in [7, 11) is 0. The molecule has 4 rings (SSSR count). The number of rotatable bonds is 7. The molecule has 0 N–H and O–H groups in total. The largest absolute Gasteiger partial charge is 0.236 e. The normalized spacial score (nSPS) is 42.3. The van der Waals surface area contributed by atoms with E-state index in [1.54, 1.807) is 0 Å². The lowest BCUT2D eigenvalue weighted by Crippen LogP contribution is -2.50. The Morgan fingerprint density at radius 3 is 2.73 bits per heavy atom. The van der Waals surface area contributed by atoms with Crippen LogP contribution in [0.15, 0.2) is 11.6 Å². The fourth-order valence-corrected chi connectivity index (χ4v) is 8.63. The maximum absolute atomic E-state index is 9.36. The van der Waals surface area contributed by atoms with Gasteiger partial charge < -0.3 is 0 Å². The van der Waals surface area contributed by atoms with Crippen molar-refractivity contribution in [2.24, 2.45) is 40.4 Å². The van der Waals surface area contributed by atoms with Crippen LogP contribution >= 0.6 is 0 Å². The molecule has 1 unspecified atom stereocenters. The van der Waals surface area contributed by atoms with Crippen molar-refractivity contribution in [2.45, 2.75) is 104 Å². The van der Waals surface area contributed by atoms with E-state index in [2.05, 4.69) is 32.9 Å². The van der Waals surface area contributed by atoms with Gasteiger partial charge in [0, 0.05) is 0 Å². The average Bonchev–Trinajstić information content (AvgIpc) is 3.10. The van der Waals surface area contributed by atoms with Crippen LogP contribution < -0.4 is 0 Å². The van der Waals surface area contributed by atoms with E-state index in [0.29, 0.717) is 23.4 Å². The van der Waals surface area contributed by atoms with Crippen LogP contribution in [0.1, 0.15) is 98.3 Å². The van der Waals surface area contributed by atoms with Crippen LogP contribution in [0.25, 0.3) is 0 Å². The van der Waals surface area contributed by atoms with Gasteiger partial charge in [0.15, 0.2) is 6.10 Å². The third-order valence-electron chi connectivity index (χ3n) is 10.1. The Morgan fingerprint density at radius 2 is 1.97 bits per heavy atom. The van der Waals surface area contributed by atoms with E-state index in [1.807, 2.05) is 12.5 Å². The molecule has 0 radical (unpaired) electrons. The molecule has 0 heterocycles. The Morgan fingerprint density at radius 1 is 1.13 bits per heavy atom. The molecule has 0 amide bonds. The van der Waals surface area contributed by atoms with Crippen molar-refractivity contribution in [2.75, 3.05) is 6.61 Å². The first-order chi connectivity index (χ1) is 14.4. The van der Waals surface area contributed by atoms with Crippen LogP contribution in [0.4, 0.5) is 0 Å². The summed E-state index contributed by atoms with van der Waals surface area (Å²) in [5.74, 6) is 4.23. The number of hydrogen-bond acceptors (Lipinski definition) is 3. The lowest BCUT2D eigenvalue weighted by Gasteiger charge is -2.58. The van der Waals surface area contributed by atoms with Gasteiger partial charge in [-0.2, -0.15) is 5.26 Å². The third kappa shape index (κ3) is 3.77. The summed E-state index contributed by atoms with van der Waals surface area (Å²) in [6, 6.07) is 2.26. The summed E-state index contributed by atoms with van der Waals surface area (Å²) in [5, 5.41) is 9.36. The monoisotopic (exact) mass is 413 g/mol. The molecule has 3 saturated carbocycles. The van der Waals surface area contributed by atoms with E-state index in [0.717, 1.165) is 36.5 Å². The second-order valence-electron chi connectivity index (χ2n) is 11.4. The highest BCUT2D eigenvalue weighted by Crippen LogP contribution is 2.67. The van der Waals surface area contributed by atoms with Gasteiger partial charge in [-0.1, -0.05) is 32.4 Å². The van der Waals surface area contributed by atoms with Gasteiger partial charge in [0.05, 0.1) is 12.7 Å². The first-order valence-corrected chi connectivity index (χ1v) is 12.8. The predicted octanol–water partition coefficient (Wildman–Crippen LogP) is 7.23. The van der Waals surface area contributed by atoms with Gasteiger partial charge in [0.1, 0.15) is 0 Å². The van der Waals surface area contributed by atoms with Crippen molar-refractivity contribution in [1.29, 1.82) is 5.26 Å². The van der Waals surface area contributed by atoms with Crippen molar-refractivity contribution in [3.8, 4) is 6.07 Å². The topological polar surface area (TPSA) is 42.2 Å². The number of nitriles is 1. The highest BCUT2D eigenvalue weighted by Gasteiger charge is 2.59. The summed E-state index contributed by atoms with van der Waals surface area (Å²) in [4.78, 5) is 10.3. The molecule has 30 heavy (non-hydrogen) atoms. The highest BCUT2D eigenvalue weighted by molar-refractivity contribution is 5.23. The molecule has 0 aromatic carbocycles. The average molecular weight is 414 g/mol. The molecule has 8 atom stereocenters. The van der Waals surface area contributed by atoms with Gasteiger partial charge in [-0.3, -0.25) is 0 Å². The summed E-state index contributed by atoms with van der Waals surface area (Å²) >= 11 is 0. The van der Waals surface area contributed by atoms with Crippen molar-refractivity contribution in [1.82, 2.24) is 0 Å². The fraction of sp³-hybridized carbons (Fsp3) is 0.889. The van der Waals surface area contributed by atoms with Gasteiger partial charge in [0.25, 0.3) is 0 Å². The van der Waals surface area contributed by atoms with E-state index in [1.165, 1.54) is 57.8 Å². The maximum atomic E-state index is 9.36. The van der Waals surface area contributed by atoms with Crippen LogP contribution in [0.2, 0.25) is 0 Å². The Bertz CT molecular complexity index is 681. The number of allylic oxidation sites excluding steroid dienone is 2. The summed E-state index contributed by atoms with van der Waals surface area (Å²) in [6.45, 7) is 10.1. The van der Waals surface area contributed by atoms with Crippen molar-refractivity contribution < 1.29 is 9.78 Å². The van der Waals surface area contributed by atoms with Crippen LogP contribution in [-0.2, 0) is 9.78 Å². The molecule has 0 aliphatic heterocycles. The highest BCUT2D eigenvalue weighted by atomic mass is 17.2. The van der Waals surface area contributed by atoms with Gasteiger partial charge in [0.2, 0.25) is 0 Å². The minimum Gasteiger partial charge on any atom is -0.236 e. The van der Waals surface area contributed by atoms with Gasteiger partial charge in [-0.25, -0.2) is 9.78 Å². The standard InChI is InChI=1S/C27H43NO2/c1-5-29-30-21(18-28)11-9-19(2)23-13-14-24-22-12-10-20-8-6-7-16-26(20,3)25(22)15-17-27(23,24)4/h8,19,21-25H,5-7,9-17H2,1-4H3/t19-,21?,22+,23-,24+,25+,26+,27-/m1/s1. The molecule has 4 aliphatic rings. The zero-order valence-electron chi connectivity index (χ0n) is 19.8. The lowest BCUT2D eigenvalue weighted by atomic mass is 9.46. The Hall–Kier alpha value is -0.850. The van der Waals surface area contributed by atoms with E-state index < -0.39 is 6.10 Å². The maximum Gasteiger partial charge on any atom is 0.179 e. The second-order valence-corrected chi connectivity index (χ2v) is 11.4. The first kappa shape index (κ1) is 22.3. The molecule has 4 aliphatic carbocycles. The van der Waals surface area contributed by atoms with E-state index >= 15 is 0 Å². The van der Waals surface area contributed by atoms with Gasteiger partial charge >= 0.3 is 0 Å². The molecule has 0 aromatic rings. The molecule has 0 bridgehead atoms. The molecular weight excluding hydrogens is 370 g/mol. The lowest BCUT2D eigenvalue weighted by molar-refractivity contribution is -0.310. The Balaban J connectivity index is 1.43. The fourth-order valence-electron chi connectivity index (χ4n) is 8.63. The van der Waals surface area contributed by atoms with Crippen molar-refractivity contribution in [3.05, 3.63) is 11.6 Å². The molecule has 0 saturated heterocycles. The van der Waals surface area contributed by atoms with E-state index in [9.17, 15) is 5.26 Å². The molecule has 0 aromatic heterocycles. The van der Waals surface area contributed by atoms with Crippen LogP contribution in [0.5, 0.6) is 0 Å². The molecular formula is C27H43NO2. The summed E-state index contributed by atoms with van der Waals surface area (Å²) in [6.07, 6.45) is 16.6. The minimum atomic E-state index is -0.428. The quantitative estimate of drug-likeness (QED) is 0.251. The zero-order chi connectivity index (χ0) is 21.4. The molecule has 0 spiro atoms. The minimum absolute atomic E-state index is 0.428. The predicted molar refractivity (Wildman–Crippen MR) is 120 cm³/mol. The molecule has 3 nitrogen and oxygen atoms in total. The molecule has 3 heteroatoms. The number of hydrogen-bond donors (Lipinski definition) is 0. The first-order valence-electron chi connectivity index (χ1n) is 12.8. The second kappa shape index (κ2) is 8.95. The van der Waals surface area contributed by atoms with Gasteiger partial charge in [-0.05, 0) is 118 Å². The molecule has 3 fully saturated rings. The number of fused-ring (bicyclic) bond motifs is 5. The van der Waals surface area contributed by atoms with Crippen LogP contribution in [0.3, 0.4) is 0 Å².